The van der Waals surface area contributed by atoms with Crippen molar-refractivity contribution in [1.82, 2.24) is 4.98 Å². The SMILES string of the molecule is C=C/C(=C\C(=C)CC)COc1cccc(-c2ccc(COOC)cn2)c1.C=O. The second-order valence-electron chi connectivity index (χ2n) is 5.73. The number of benzene rings is 1. The molecule has 0 amide bonds. The molecule has 1 heterocycles. The molecule has 2 rings (SSSR count). The van der Waals surface area contributed by atoms with E-state index in [1.807, 2.05) is 49.3 Å². The topological polar surface area (TPSA) is 57.6 Å². The van der Waals surface area contributed by atoms with Crippen LogP contribution in [0.25, 0.3) is 11.3 Å². The zero-order valence-corrected chi connectivity index (χ0v) is 16.5. The fourth-order valence-electron chi connectivity index (χ4n) is 2.24. The van der Waals surface area contributed by atoms with Crippen molar-refractivity contribution >= 4 is 6.79 Å². The lowest BCUT2D eigenvalue weighted by Crippen LogP contribution is -2.00. The molecule has 0 saturated heterocycles. The zero-order valence-electron chi connectivity index (χ0n) is 16.5. The van der Waals surface area contributed by atoms with Crippen LogP contribution in [-0.2, 0) is 21.2 Å². The summed E-state index contributed by atoms with van der Waals surface area (Å²) in [6.45, 7) is 12.7. The minimum atomic E-state index is 0.368. The third-order valence-corrected chi connectivity index (χ3v) is 3.81. The van der Waals surface area contributed by atoms with Gasteiger partial charge in [-0.05, 0) is 35.8 Å². The van der Waals surface area contributed by atoms with Crippen molar-refractivity contribution < 1.29 is 19.3 Å². The largest absolute Gasteiger partial charge is 0.489 e. The predicted octanol–water partition coefficient (Wildman–Crippen LogP) is 5.10. The van der Waals surface area contributed by atoms with Gasteiger partial charge in [0.25, 0.3) is 0 Å². The van der Waals surface area contributed by atoms with E-state index in [1.165, 1.54) is 7.11 Å². The highest BCUT2D eigenvalue weighted by Crippen LogP contribution is 2.23. The summed E-state index contributed by atoms with van der Waals surface area (Å²) in [6.07, 6.45) is 6.49. The Morgan fingerprint density at radius 3 is 2.61 bits per heavy atom. The summed E-state index contributed by atoms with van der Waals surface area (Å²) in [4.78, 5) is 22.0. The van der Waals surface area contributed by atoms with Crippen LogP contribution < -0.4 is 4.74 Å². The predicted molar refractivity (Wildman–Crippen MR) is 112 cm³/mol. The summed E-state index contributed by atoms with van der Waals surface area (Å²) in [5.74, 6) is 0.783. The van der Waals surface area contributed by atoms with Gasteiger partial charge in [0.1, 0.15) is 25.8 Å². The molecule has 0 fully saturated rings. The van der Waals surface area contributed by atoms with Gasteiger partial charge in [-0.2, -0.15) is 0 Å². The molecule has 2 aromatic rings. The summed E-state index contributed by atoms with van der Waals surface area (Å²) >= 11 is 0. The third-order valence-electron chi connectivity index (χ3n) is 3.81. The number of carbonyl (C=O) groups excluding carboxylic acids is 1. The van der Waals surface area contributed by atoms with Gasteiger partial charge in [-0.1, -0.05) is 56.0 Å². The van der Waals surface area contributed by atoms with E-state index < -0.39 is 0 Å². The fraction of sp³-hybridized carbons (Fsp3) is 0.217. The number of hydrogen-bond acceptors (Lipinski definition) is 5. The summed E-state index contributed by atoms with van der Waals surface area (Å²) in [6, 6.07) is 11.8. The second kappa shape index (κ2) is 13.2. The van der Waals surface area contributed by atoms with Crippen LogP contribution in [0.15, 0.2) is 79.1 Å². The lowest BCUT2D eigenvalue weighted by atomic mass is 10.1. The molecule has 1 aromatic heterocycles. The molecule has 148 valence electrons. The van der Waals surface area contributed by atoms with E-state index in [1.54, 1.807) is 12.3 Å². The Bertz CT molecular complexity index is 781. The number of hydrogen-bond donors (Lipinski definition) is 0. The number of nitrogens with zero attached hydrogens (tertiary/aromatic N) is 1. The van der Waals surface area contributed by atoms with E-state index in [4.69, 9.17) is 14.4 Å². The summed E-state index contributed by atoms with van der Waals surface area (Å²) in [5, 5.41) is 0. The molecular formula is C23H27NO4. The highest BCUT2D eigenvalue weighted by atomic mass is 17.2. The molecule has 5 heteroatoms. The number of allylic oxidation sites excluding steroid dienone is 2. The van der Waals surface area contributed by atoms with Gasteiger partial charge in [0.2, 0.25) is 0 Å². The Hall–Kier alpha value is -3.02. The molecule has 0 unspecified atom stereocenters. The van der Waals surface area contributed by atoms with Crippen molar-refractivity contribution in [3.8, 4) is 17.0 Å². The first-order valence-electron chi connectivity index (χ1n) is 8.79. The van der Waals surface area contributed by atoms with Gasteiger partial charge in [-0.25, -0.2) is 9.78 Å². The molecule has 5 nitrogen and oxygen atoms in total. The first-order valence-corrected chi connectivity index (χ1v) is 8.79. The van der Waals surface area contributed by atoms with Crippen molar-refractivity contribution in [3.63, 3.8) is 0 Å². The van der Waals surface area contributed by atoms with E-state index in [-0.39, 0.29) is 0 Å². The molecule has 0 aliphatic carbocycles. The van der Waals surface area contributed by atoms with E-state index in [0.717, 1.165) is 40.1 Å². The van der Waals surface area contributed by atoms with Gasteiger partial charge in [0.15, 0.2) is 0 Å². The number of rotatable bonds is 10. The first kappa shape index (κ1) is 23.0. The molecule has 0 atom stereocenters. The Balaban J connectivity index is 0.00000190. The molecule has 0 aliphatic rings. The van der Waals surface area contributed by atoms with Gasteiger partial charge < -0.3 is 9.53 Å². The zero-order chi connectivity index (χ0) is 20.8. The van der Waals surface area contributed by atoms with E-state index >= 15 is 0 Å². The molecule has 0 radical (unpaired) electrons. The normalized spacial score (nSPS) is 10.6. The maximum atomic E-state index is 8.00. The van der Waals surface area contributed by atoms with Gasteiger partial charge in [0.05, 0.1) is 12.8 Å². The molecule has 28 heavy (non-hydrogen) atoms. The maximum Gasteiger partial charge on any atom is 0.120 e. The van der Waals surface area contributed by atoms with Gasteiger partial charge in [-0.3, -0.25) is 4.98 Å². The van der Waals surface area contributed by atoms with Crippen LogP contribution in [0.3, 0.4) is 0 Å². The van der Waals surface area contributed by atoms with Crippen molar-refractivity contribution in [1.29, 1.82) is 0 Å². The Morgan fingerprint density at radius 1 is 1.21 bits per heavy atom. The van der Waals surface area contributed by atoms with Crippen molar-refractivity contribution in [3.05, 3.63) is 84.6 Å². The van der Waals surface area contributed by atoms with Gasteiger partial charge in [-0.15, -0.1) is 0 Å². The van der Waals surface area contributed by atoms with Crippen molar-refractivity contribution in [2.24, 2.45) is 0 Å². The standard InChI is InChI=1S/C22H25NO3.CH2O/c1-5-17(3)12-18(6-2)15-25-21-9-7-8-20(13-21)22-11-10-19(14-23-22)16-26-24-4;1-2/h6-14H,2-3,5,15-16H2,1,4H3;1H2/b18-12+;. The second-order valence-corrected chi connectivity index (χ2v) is 5.73. The summed E-state index contributed by atoms with van der Waals surface area (Å²) in [7, 11) is 1.48. The lowest BCUT2D eigenvalue weighted by Gasteiger charge is -2.09. The molecular weight excluding hydrogens is 354 g/mol. The Kier molecular flexibility index (Phi) is 10.8. The van der Waals surface area contributed by atoms with E-state index in [2.05, 4.69) is 30.0 Å². The average Bonchev–Trinajstić information content (AvgIpc) is 2.76. The van der Waals surface area contributed by atoms with Crippen LogP contribution in [0.2, 0.25) is 0 Å². The third kappa shape index (κ3) is 7.70. The monoisotopic (exact) mass is 381 g/mol. The fourth-order valence-corrected chi connectivity index (χ4v) is 2.24. The molecule has 0 spiro atoms. The van der Waals surface area contributed by atoms with Crippen LogP contribution in [-0.4, -0.2) is 25.5 Å². The van der Waals surface area contributed by atoms with Crippen LogP contribution in [0.1, 0.15) is 18.9 Å². The quantitative estimate of drug-likeness (QED) is 0.326. The van der Waals surface area contributed by atoms with E-state index in [9.17, 15) is 0 Å². The lowest BCUT2D eigenvalue weighted by molar-refractivity contribution is -0.282. The van der Waals surface area contributed by atoms with Crippen molar-refractivity contribution in [2.75, 3.05) is 13.7 Å². The van der Waals surface area contributed by atoms with Gasteiger partial charge in [0, 0.05) is 11.8 Å². The molecule has 0 bridgehead atoms. The number of ether oxygens (including phenoxy) is 1. The summed E-state index contributed by atoms with van der Waals surface area (Å²) < 4.78 is 5.90. The smallest absolute Gasteiger partial charge is 0.120 e. The van der Waals surface area contributed by atoms with Crippen LogP contribution in [0.4, 0.5) is 0 Å². The maximum absolute atomic E-state index is 8.00. The highest BCUT2D eigenvalue weighted by molar-refractivity contribution is 5.61. The Labute approximate surface area is 166 Å². The van der Waals surface area contributed by atoms with Crippen LogP contribution >= 0.6 is 0 Å². The van der Waals surface area contributed by atoms with Crippen molar-refractivity contribution in [2.45, 2.75) is 20.0 Å². The highest BCUT2D eigenvalue weighted by Gasteiger charge is 2.03. The molecule has 0 aliphatic heterocycles. The average molecular weight is 381 g/mol. The number of pyridine rings is 1. The van der Waals surface area contributed by atoms with Gasteiger partial charge >= 0.3 is 0 Å². The molecule has 1 aromatic carbocycles. The molecule has 0 N–H and O–H groups in total. The minimum absolute atomic E-state index is 0.368. The van der Waals surface area contributed by atoms with Crippen LogP contribution in [0.5, 0.6) is 5.75 Å². The first-order chi connectivity index (χ1) is 13.7. The van der Waals surface area contributed by atoms with Crippen LogP contribution in [0, 0.1) is 0 Å². The molecule has 0 saturated carbocycles. The Morgan fingerprint density at radius 2 is 2.00 bits per heavy atom. The number of carbonyl (C=O) groups is 1. The number of aromatic nitrogens is 1. The van der Waals surface area contributed by atoms with E-state index in [0.29, 0.717) is 13.2 Å². The summed E-state index contributed by atoms with van der Waals surface area (Å²) in [5.41, 5.74) is 4.86. The minimum Gasteiger partial charge on any atom is -0.489 e.